The first kappa shape index (κ1) is 27.5. The molecule has 0 atom stereocenters. The summed E-state index contributed by atoms with van der Waals surface area (Å²) in [5.41, 5.74) is 5.11. The first-order valence-corrected chi connectivity index (χ1v) is 13.2. The number of hydrogen-bond acceptors (Lipinski definition) is 6. The zero-order valence-electron chi connectivity index (χ0n) is 21.9. The Morgan fingerprint density at radius 3 is 1.69 bits per heavy atom. The summed E-state index contributed by atoms with van der Waals surface area (Å²) in [5, 5.41) is 0. The van der Waals surface area contributed by atoms with Gasteiger partial charge in [0.2, 0.25) is 0 Å². The number of benzene rings is 2. The fourth-order valence-corrected chi connectivity index (χ4v) is 5.04. The van der Waals surface area contributed by atoms with Crippen molar-refractivity contribution in [3.8, 4) is 0 Å². The van der Waals surface area contributed by atoms with Crippen LogP contribution in [-0.2, 0) is 19.1 Å². The molecule has 0 aliphatic carbocycles. The maximum absolute atomic E-state index is 13.4. The minimum Gasteiger partial charge on any atom is -0.463 e. The van der Waals surface area contributed by atoms with Gasteiger partial charge in [0.05, 0.1) is 30.3 Å². The standard InChI is InChI=1S/C29H35BrN2O4/c1-7-31(8-2)23-15-17-24(18-16-23)32-19(5)25(28(33)35-9-3)27(21-11-13-22(30)14-12-21)26(20(32)6)29(34)36-10-4/h11-18,27H,7-10H2,1-6H3. The summed E-state index contributed by atoms with van der Waals surface area (Å²) < 4.78 is 11.9. The molecule has 0 saturated heterocycles. The molecule has 3 rings (SSSR count). The van der Waals surface area contributed by atoms with Crippen LogP contribution in [0.4, 0.5) is 11.4 Å². The second-order valence-corrected chi connectivity index (χ2v) is 9.36. The van der Waals surface area contributed by atoms with Crippen LogP contribution in [0.15, 0.2) is 75.5 Å². The van der Waals surface area contributed by atoms with Crippen molar-refractivity contribution in [3.63, 3.8) is 0 Å². The molecule has 7 heteroatoms. The molecule has 0 unspecified atom stereocenters. The molecule has 0 spiro atoms. The number of ether oxygens (including phenoxy) is 2. The van der Waals surface area contributed by atoms with Crippen molar-refractivity contribution >= 4 is 39.2 Å². The smallest absolute Gasteiger partial charge is 0.336 e. The van der Waals surface area contributed by atoms with Gasteiger partial charge >= 0.3 is 11.9 Å². The Hall–Kier alpha value is -3.06. The van der Waals surface area contributed by atoms with Gasteiger partial charge in [0.15, 0.2) is 0 Å². The number of hydrogen-bond donors (Lipinski definition) is 0. The van der Waals surface area contributed by atoms with E-state index >= 15 is 0 Å². The van der Waals surface area contributed by atoms with Crippen molar-refractivity contribution in [2.75, 3.05) is 36.1 Å². The van der Waals surface area contributed by atoms with Crippen LogP contribution in [0.3, 0.4) is 0 Å². The van der Waals surface area contributed by atoms with Crippen molar-refractivity contribution in [1.82, 2.24) is 0 Å². The van der Waals surface area contributed by atoms with Crippen molar-refractivity contribution in [2.24, 2.45) is 0 Å². The summed E-state index contributed by atoms with van der Waals surface area (Å²) in [7, 11) is 0. The van der Waals surface area contributed by atoms with E-state index in [-0.39, 0.29) is 13.2 Å². The van der Waals surface area contributed by atoms with E-state index in [1.807, 2.05) is 55.1 Å². The SMILES string of the molecule is CCOC(=O)C1=C(C)N(c2ccc(N(CC)CC)cc2)C(C)=C(C(=O)OCC)C1c1ccc(Br)cc1. The molecular formula is C29H35BrN2O4. The molecule has 0 radical (unpaired) electrons. The molecule has 192 valence electrons. The highest BCUT2D eigenvalue weighted by Crippen LogP contribution is 2.45. The summed E-state index contributed by atoms with van der Waals surface area (Å²) in [6.45, 7) is 13.9. The molecule has 0 bridgehead atoms. The molecule has 2 aromatic carbocycles. The van der Waals surface area contributed by atoms with Crippen LogP contribution < -0.4 is 9.80 Å². The van der Waals surface area contributed by atoms with Gasteiger partial charge in [-0.3, -0.25) is 0 Å². The maximum Gasteiger partial charge on any atom is 0.336 e. The molecule has 36 heavy (non-hydrogen) atoms. The third-order valence-corrected chi connectivity index (χ3v) is 6.99. The normalized spacial score (nSPS) is 14.2. The monoisotopic (exact) mass is 554 g/mol. The van der Waals surface area contributed by atoms with E-state index in [1.165, 1.54) is 0 Å². The highest BCUT2D eigenvalue weighted by atomic mass is 79.9. The number of nitrogens with zero attached hydrogens (tertiary/aromatic N) is 2. The van der Waals surface area contributed by atoms with Crippen LogP contribution in [0.2, 0.25) is 0 Å². The van der Waals surface area contributed by atoms with Crippen LogP contribution in [0, 0.1) is 0 Å². The quantitative estimate of drug-likeness (QED) is 0.326. The Kier molecular flexibility index (Phi) is 9.37. The average Bonchev–Trinajstić information content (AvgIpc) is 2.86. The summed E-state index contributed by atoms with van der Waals surface area (Å²) in [5.74, 6) is -1.49. The Morgan fingerprint density at radius 1 is 0.806 bits per heavy atom. The van der Waals surface area contributed by atoms with E-state index in [2.05, 4.69) is 46.8 Å². The van der Waals surface area contributed by atoms with Crippen LogP contribution >= 0.6 is 15.9 Å². The van der Waals surface area contributed by atoms with E-state index in [0.29, 0.717) is 11.1 Å². The van der Waals surface area contributed by atoms with Crippen LogP contribution in [0.25, 0.3) is 0 Å². The molecule has 1 aliphatic heterocycles. The summed E-state index contributed by atoms with van der Waals surface area (Å²) in [6.07, 6.45) is 0. The van der Waals surface area contributed by atoms with Crippen LogP contribution in [-0.4, -0.2) is 38.2 Å². The van der Waals surface area contributed by atoms with E-state index in [0.717, 1.165) is 45.9 Å². The summed E-state index contributed by atoms with van der Waals surface area (Å²) >= 11 is 3.48. The lowest BCUT2D eigenvalue weighted by Crippen LogP contribution is -2.35. The van der Waals surface area contributed by atoms with Gasteiger partial charge in [-0.25, -0.2) is 9.59 Å². The molecular weight excluding hydrogens is 520 g/mol. The van der Waals surface area contributed by atoms with Gasteiger partial charge in [-0.2, -0.15) is 0 Å². The third-order valence-electron chi connectivity index (χ3n) is 6.46. The lowest BCUT2D eigenvalue weighted by Gasteiger charge is -2.38. The zero-order chi connectivity index (χ0) is 26.4. The first-order valence-electron chi connectivity index (χ1n) is 12.4. The first-order chi connectivity index (χ1) is 17.3. The highest BCUT2D eigenvalue weighted by molar-refractivity contribution is 9.10. The highest BCUT2D eigenvalue weighted by Gasteiger charge is 2.41. The largest absolute Gasteiger partial charge is 0.463 e. The fourth-order valence-electron chi connectivity index (χ4n) is 4.78. The van der Waals surface area contributed by atoms with E-state index < -0.39 is 17.9 Å². The number of allylic oxidation sites excluding steroid dienone is 2. The Labute approximate surface area is 222 Å². The molecule has 0 amide bonds. The molecule has 6 nitrogen and oxygen atoms in total. The number of rotatable bonds is 9. The number of carbonyl (C=O) groups is 2. The minimum atomic E-state index is -0.609. The van der Waals surface area contributed by atoms with Crippen LogP contribution in [0.1, 0.15) is 53.0 Å². The summed E-state index contributed by atoms with van der Waals surface area (Å²) in [6, 6.07) is 15.8. The van der Waals surface area contributed by atoms with E-state index in [1.54, 1.807) is 13.8 Å². The number of anilines is 2. The third kappa shape index (κ3) is 5.51. The minimum absolute atomic E-state index is 0.235. The molecule has 0 N–H and O–H groups in total. The topological polar surface area (TPSA) is 59.1 Å². The lowest BCUT2D eigenvalue weighted by atomic mass is 9.79. The van der Waals surface area contributed by atoms with Gasteiger partial charge < -0.3 is 19.3 Å². The number of carbonyl (C=O) groups excluding carboxylic acids is 2. The predicted octanol–water partition coefficient (Wildman–Crippen LogP) is 6.57. The van der Waals surface area contributed by atoms with Crippen molar-refractivity contribution in [1.29, 1.82) is 0 Å². The molecule has 2 aromatic rings. The Morgan fingerprint density at radius 2 is 1.28 bits per heavy atom. The van der Waals surface area contributed by atoms with E-state index in [9.17, 15) is 9.59 Å². The lowest BCUT2D eigenvalue weighted by molar-refractivity contribution is -0.139. The molecule has 1 aliphatic rings. The van der Waals surface area contributed by atoms with Gasteiger partial charge in [-0.15, -0.1) is 0 Å². The van der Waals surface area contributed by atoms with Crippen molar-refractivity contribution in [2.45, 2.75) is 47.5 Å². The fraction of sp³-hybridized carbons (Fsp3) is 0.379. The zero-order valence-corrected chi connectivity index (χ0v) is 23.5. The number of esters is 2. The van der Waals surface area contributed by atoms with Gasteiger partial charge in [0, 0.05) is 40.3 Å². The molecule has 0 aromatic heterocycles. The molecule has 1 heterocycles. The predicted molar refractivity (Wildman–Crippen MR) is 148 cm³/mol. The van der Waals surface area contributed by atoms with Gasteiger partial charge in [0.1, 0.15) is 0 Å². The second kappa shape index (κ2) is 12.3. The Bertz CT molecular complexity index is 1110. The molecule has 0 saturated carbocycles. The Balaban J connectivity index is 2.25. The second-order valence-electron chi connectivity index (χ2n) is 8.45. The van der Waals surface area contributed by atoms with Gasteiger partial charge in [-0.05, 0) is 83.5 Å². The van der Waals surface area contributed by atoms with Crippen molar-refractivity contribution in [3.05, 3.63) is 81.1 Å². The van der Waals surface area contributed by atoms with Gasteiger partial charge in [-0.1, -0.05) is 28.1 Å². The summed E-state index contributed by atoms with van der Waals surface area (Å²) in [4.78, 5) is 31.0. The average molecular weight is 556 g/mol. The maximum atomic E-state index is 13.4. The van der Waals surface area contributed by atoms with Crippen molar-refractivity contribution < 1.29 is 19.1 Å². The van der Waals surface area contributed by atoms with Gasteiger partial charge in [0.25, 0.3) is 0 Å². The van der Waals surface area contributed by atoms with Crippen LogP contribution in [0.5, 0.6) is 0 Å². The van der Waals surface area contributed by atoms with E-state index in [4.69, 9.17) is 9.47 Å². The number of halogens is 1. The molecule has 0 fully saturated rings.